The maximum Gasteiger partial charge on any atom is 0.375 e. The van der Waals surface area contributed by atoms with Crippen molar-refractivity contribution in [3.8, 4) is 0 Å². The van der Waals surface area contributed by atoms with E-state index in [-0.39, 0.29) is 6.61 Å². The summed E-state index contributed by atoms with van der Waals surface area (Å²) in [6.07, 6.45) is -0.504. The number of ether oxygens (including phenoxy) is 1. The molecule has 22 heavy (non-hydrogen) atoms. The Hall–Kier alpha value is -2.27. The van der Waals surface area contributed by atoms with Crippen molar-refractivity contribution < 1.29 is 19.1 Å². The van der Waals surface area contributed by atoms with Crippen molar-refractivity contribution in [1.82, 2.24) is 0 Å². The van der Waals surface area contributed by atoms with Gasteiger partial charge in [-0.05, 0) is 11.6 Å². The van der Waals surface area contributed by atoms with E-state index in [9.17, 15) is 14.4 Å². The highest BCUT2D eigenvalue weighted by molar-refractivity contribution is 9.10. The molecule has 0 saturated heterocycles. The molecule has 0 aliphatic carbocycles. The van der Waals surface area contributed by atoms with Crippen molar-refractivity contribution in [3.63, 3.8) is 0 Å². The third-order valence-corrected chi connectivity index (χ3v) is 3.63. The summed E-state index contributed by atoms with van der Waals surface area (Å²) in [6.45, 7) is 0.00857. The maximum absolute atomic E-state index is 12.0. The second kappa shape index (κ2) is 7.66. The van der Waals surface area contributed by atoms with Crippen LogP contribution in [0.1, 0.15) is 22.3 Å². The van der Waals surface area contributed by atoms with E-state index in [1.165, 1.54) is 0 Å². The normalized spacial score (nSPS) is 10.0. The molecule has 0 aromatic heterocycles. The number of ketones is 2. The van der Waals surface area contributed by atoms with Gasteiger partial charge in [0.15, 0.2) is 5.78 Å². The molecular weight excluding hydrogens is 348 g/mol. The molecule has 2 aromatic rings. The van der Waals surface area contributed by atoms with Crippen molar-refractivity contribution >= 4 is 33.5 Å². The van der Waals surface area contributed by atoms with Crippen LogP contribution in [-0.2, 0) is 20.9 Å². The van der Waals surface area contributed by atoms with Crippen LogP contribution in [0.15, 0.2) is 59.1 Å². The topological polar surface area (TPSA) is 60.4 Å². The van der Waals surface area contributed by atoms with Gasteiger partial charge in [0.1, 0.15) is 6.61 Å². The minimum atomic E-state index is -0.996. The monoisotopic (exact) mass is 360 g/mol. The van der Waals surface area contributed by atoms with Crippen molar-refractivity contribution in [2.45, 2.75) is 13.0 Å². The number of benzene rings is 2. The van der Waals surface area contributed by atoms with Gasteiger partial charge in [-0.25, -0.2) is 4.79 Å². The predicted octanol–water partition coefficient (Wildman–Crippen LogP) is 3.33. The van der Waals surface area contributed by atoms with E-state index in [4.69, 9.17) is 4.74 Å². The molecule has 0 N–H and O–H groups in total. The van der Waals surface area contributed by atoms with Crippen molar-refractivity contribution in [2.75, 3.05) is 0 Å². The molecule has 0 fully saturated rings. The number of rotatable bonds is 6. The lowest BCUT2D eigenvalue weighted by Crippen LogP contribution is -2.20. The Balaban J connectivity index is 1.90. The molecular formula is C17H13BrO4. The summed E-state index contributed by atoms with van der Waals surface area (Å²) in [5, 5.41) is 0. The number of hydrogen-bond acceptors (Lipinski definition) is 4. The van der Waals surface area contributed by atoms with E-state index in [2.05, 4.69) is 15.9 Å². The Morgan fingerprint density at radius 2 is 1.55 bits per heavy atom. The Morgan fingerprint density at radius 3 is 2.23 bits per heavy atom. The molecule has 0 saturated carbocycles. The molecule has 0 aliphatic heterocycles. The average Bonchev–Trinajstić information content (AvgIpc) is 2.53. The van der Waals surface area contributed by atoms with Crippen molar-refractivity contribution in [2.24, 2.45) is 0 Å². The van der Waals surface area contributed by atoms with E-state index in [0.717, 1.165) is 5.56 Å². The Bertz CT molecular complexity index is 695. The Morgan fingerprint density at radius 1 is 0.909 bits per heavy atom. The van der Waals surface area contributed by atoms with Gasteiger partial charge in [-0.1, -0.05) is 64.5 Å². The number of carbonyl (C=O) groups excluding carboxylic acids is 3. The minimum absolute atomic E-state index is 0.00857. The molecule has 0 atom stereocenters. The summed E-state index contributed by atoms with van der Waals surface area (Å²) in [7, 11) is 0. The highest BCUT2D eigenvalue weighted by Crippen LogP contribution is 2.17. The number of halogens is 1. The molecule has 0 radical (unpaired) electrons. The number of carbonyl (C=O) groups is 3. The quantitative estimate of drug-likeness (QED) is 0.343. The van der Waals surface area contributed by atoms with Crippen LogP contribution in [0.25, 0.3) is 0 Å². The molecule has 0 unspecified atom stereocenters. The second-order valence-electron chi connectivity index (χ2n) is 4.56. The fourth-order valence-corrected chi connectivity index (χ4v) is 2.31. The summed E-state index contributed by atoms with van der Waals surface area (Å²) < 4.78 is 5.49. The van der Waals surface area contributed by atoms with E-state index in [1.807, 2.05) is 6.07 Å². The lowest BCUT2D eigenvalue weighted by Gasteiger charge is -2.05. The SMILES string of the molecule is O=C(CC(=O)c1ccccc1Br)C(=O)OCc1ccccc1. The highest BCUT2D eigenvalue weighted by atomic mass is 79.9. The Kier molecular flexibility index (Phi) is 5.61. The lowest BCUT2D eigenvalue weighted by atomic mass is 10.1. The molecule has 0 heterocycles. The first-order valence-corrected chi connectivity index (χ1v) is 7.39. The summed E-state index contributed by atoms with van der Waals surface area (Å²) in [6, 6.07) is 15.8. The van der Waals surface area contributed by atoms with Crippen LogP contribution >= 0.6 is 15.9 Å². The third kappa shape index (κ3) is 4.36. The molecule has 0 bridgehead atoms. The second-order valence-corrected chi connectivity index (χ2v) is 5.42. The van der Waals surface area contributed by atoms with Gasteiger partial charge < -0.3 is 4.74 Å². The first-order chi connectivity index (χ1) is 10.6. The number of hydrogen-bond donors (Lipinski definition) is 0. The van der Waals surface area contributed by atoms with Gasteiger partial charge in [-0.15, -0.1) is 0 Å². The summed E-state index contributed by atoms with van der Waals surface area (Å²) in [5.41, 5.74) is 1.15. The lowest BCUT2D eigenvalue weighted by molar-refractivity contribution is -0.154. The zero-order valence-electron chi connectivity index (χ0n) is 11.6. The van der Waals surface area contributed by atoms with Gasteiger partial charge in [0, 0.05) is 10.0 Å². The van der Waals surface area contributed by atoms with E-state index < -0.39 is 24.0 Å². The van der Waals surface area contributed by atoms with Gasteiger partial charge in [0.25, 0.3) is 0 Å². The largest absolute Gasteiger partial charge is 0.455 e. The van der Waals surface area contributed by atoms with E-state index in [0.29, 0.717) is 10.0 Å². The van der Waals surface area contributed by atoms with Crippen LogP contribution in [0, 0.1) is 0 Å². The standard InChI is InChI=1S/C17H13BrO4/c18-14-9-5-4-8-13(14)15(19)10-16(20)17(21)22-11-12-6-2-1-3-7-12/h1-9H,10-11H2. The molecule has 0 spiro atoms. The zero-order valence-corrected chi connectivity index (χ0v) is 13.2. The molecule has 112 valence electrons. The first kappa shape index (κ1) is 16.1. The van der Waals surface area contributed by atoms with Crippen LogP contribution in [-0.4, -0.2) is 17.5 Å². The van der Waals surface area contributed by atoms with E-state index in [1.54, 1.807) is 48.5 Å². The molecule has 5 heteroatoms. The fraction of sp³-hybridized carbons (Fsp3) is 0.118. The molecule has 4 nitrogen and oxygen atoms in total. The van der Waals surface area contributed by atoms with Crippen LogP contribution < -0.4 is 0 Å². The van der Waals surface area contributed by atoms with Gasteiger partial charge in [-0.2, -0.15) is 0 Å². The maximum atomic E-state index is 12.0. The van der Waals surface area contributed by atoms with Crippen molar-refractivity contribution in [3.05, 3.63) is 70.2 Å². The van der Waals surface area contributed by atoms with Gasteiger partial charge in [0.05, 0.1) is 6.42 Å². The van der Waals surface area contributed by atoms with Crippen LogP contribution in [0.2, 0.25) is 0 Å². The summed E-state index contributed by atoms with van der Waals surface area (Å²) in [5.74, 6) is -2.27. The first-order valence-electron chi connectivity index (χ1n) is 6.59. The van der Waals surface area contributed by atoms with Gasteiger partial charge in [-0.3, -0.25) is 9.59 Å². The van der Waals surface area contributed by atoms with Crippen molar-refractivity contribution in [1.29, 1.82) is 0 Å². The van der Waals surface area contributed by atoms with Crippen LogP contribution in [0.5, 0.6) is 0 Å². The molecule has 2 rings (SSSR count). The smallest absolute Gasteiger partial charge is 0.375 e. The minimum Gasteiger partial charge on any atom is -0.455 e. The molecule has 0 aliphatic rings. The Labute approximate surface area is 136 Å². The number of esters is 1. The van der Waals surface area contributed by atoms with Crippen LogP contribution in [0.4, 0.5) is 0 Å². The highest BCUT2D eigenvalue weighted by Gasteiger charge is 2.21. The van der Waals surface area contributed by atoms with E-state index >= 15 is 0 Å². The summed E-state index contributed by atoms with van der Waals surface area (Å²) >= 11 is 3.24. The molecule has 0 amide bonds. The average molecular weight is 361 g/mol. The van der Waals surface area contributed by atoms with Gasteiger partial charge >= 0.3 is 5.97 Å². The van der Waals surface area contributed by atoms with Gasteiger partial charge in [0.2, 0.25) is 5.78 Å². The van der Waals surface area contributed by atoms with Crippen LogP contribution in [0.3, 0.4) is 0 Å². The third-order valence-electron chi connectivity index (χ3n) is 2.94. The predicted molar refractivity (Wildman–Crippen MR) is 84.3 cm³/mol. The fourth-order valence-electron chi connectivity index (χ4n) is 1.80. The zero-order chi connectivity index (χ0) is 15.9. The summed E-state index contributed by atoms with van der Waals surface area (Å²) in [4.78, 5) is 35.4. The molecule has 2 aromatic carbocycles. The number of Topliss-reactive ketones (excluding diaryl/α,β-unsaturated/α-hetero) is 2.